The number of carbonyl (C=O) groups is 1. The Hall–Kier alpha value is -1.65. The van der Waals surface area contributed by atoms with Gasteiger partial charge in [0.05, 0.1) is 12.1 Å². The van der Waals surface area contributed by atoms with E-state index < -0.39 is 6.04 Å². The normalized spacial score (nSPS) is 13.7. The summed E-state index contributed by atoms with van der Waals surface area (Å²) in [5.41, 5.74) is 8.26. The molecule has 1 aromatic heterocycles. The molecule has 0 saturated carbocycles. The van der Waals surface area contributed by atoms with Gasteiger partial charge < -0.3 is 11.1 Å². The zero-order valence-corrected chi connectivity index (χ0v) is 13.3. The van der Waals surface area contributed by atoms with E-state index in [9.17, 15) is 4.79 Å². The van der Waals surface area contributed by atoms with E-state index in [1.807, 2.05) is 25.1 Å². The van der Waals surface area contributed by atoms with Crippen LogP contribution in [-0.2, 0) is 11.2 Å². The molecule has 2 unspecified atom stereocenters. The van der Waals surface area contributed by atoms with Gasteiger partial charge in [-0.05, 0) is 42.3 Å². The lowest BCUT2D eigenvalue weighted by Gasteiger charge is -2.21. The van der Waals surface area contributed by atoms with Crippen molar-refractivity contribution in [2.75, 3.05) is 0 Å². The predicted molar refractivity (Wildman–Crippen MR) is 88.4 cm³/mol. The summed E-state index contributed by atoms with van der Waals surface area (Å²) in [5, 5.41) is 5.17. The maximum absolute atomic E-state index is 12.1. The second-order valence-electron chi connectivity index (χ2n) is 5.23. The third-order valence-corrected chi connectivity index (χ3v) is 4.73. The maximum Gasteiger partial charge on any atom is 0.237 e. The summed E-state index contributed by atoms with van der Waals surface area (Å²) in [7, 11) is 0. The van der Waals surface area contributed by atoms with E-state index in [0.717, 1.165) is 6.42 Å². The topological polar surface area (TPSA) is 55.1 Å². The number of hydrogen-bond acceptors (Lipinski definition) is 3. The lowest BCUT2D eigenvalue weighted by Crippen LogP contribution is -2.42. The molecular weight excluding hydrogens is 280 g/mol. The van der Waals surface area contributed by atoms with Crippen LogP contribution in [0.4, 0.5) is 0 Å². The number of nitrogens with one attached hydrogen (secondary N) is 1. The molecule has 0 bridgehead atoms. The summed E-state index contributed by atoms with van der Waals surface area (Å²) in [4.78, 5) is 13.4. The second kappa shape index (κ2) is 7.38. The Morgan fingerprint density at radius 2 is 2.00 bits per heavy atom. The monoisotopic (exact) mass is 302 g/mol. The lowest BCUT2D eigenvalue weighted by atomic mass is 10.0. The third-order valence-electron chi connectivity index (χ3n) is 3.59. The molecule has 1 aromatic carbocycles. The molecule has 0 aliphatic heterocycles. The molecule has 0 aliphatic carbocycles. The van der Waals surface area contributed by atoms with Gasteiger partial charge in [-0.3, -0.25) is 4.79 Å². The van der Waals surface area contributed by atoms with E-state index in [1.54, 1.807) is 11.3 Å². The van der Waals surface area contributed by atoms with Crippen molar-refractivity contribution in [1.29, 1.82) is 0 Å². The Labute approximate surface area is 130 Å². The molecule has 2 atom stereocenters. The molecule has 3 N–H and O–H groups in total. The van der Waals surface area contributed by atoms with Crippen molar-refractivity contribution in [1.82, 2.24) is 5.32 Å². The average Bonchev–Trinajstić information content (AvgIpc) is 2.92. The molecule has 0 radical (unpaired) electrons. The lowest BCUT2D eigenvalue weighted by molar-refractivity contribution is -0.123. The number of benzene rings is 1. The molecule has 4 heteroatoms. The fourth-order valence-corrected chi connectivity index (χ4v) is 3.24. The van der Waals surface area contributed by atoms with Crippen LogP contribution in [0, 0.1) is 6.92 Å². The van der Waals surface area contributed by atoms with Gasteiger partial charge in [0.2, 0.25) is 5.91 Å². The summed E-state index contributed by atoms with van der Waals surface area (Å²) in [6, 6.07) is 11.8. The molecule has 2 rings (SSSR count). The van der Waals surface area contributed by atoms with Crippen LogP contribution in [0.1, 0.15) is 35.4 Å². The summed E-state index contributed by atoms with van der Waals surface area (Å²) in [6.45, 7) is 4.00. The molecule has 0 fully saturated rings. The SMILES string of the molecule is CCC(N)C(=O)NC(Cc1ccccc1)c1sccc1C. The Balaban J connectivity index is 2.19. The first-order chi connectivity index (χ1) is 10.1. The van der Waals surface area contributed by atoms with E-state index in [0.29, 0.717) is 6.42 Å². The van der Waals surface area contributed by atoms with Gasteiger partial charge in [0.1, 0.15) is 0 Å². The van der Waals surface area contributed by atoms with Gasteiger partial charge in [0, 0.05) is 4.88 Å². The van der Waals surface area contributed by atoms with Crippen molar-refractivity contribution in [3.05, 3.63) is 57.8 Å². The van der Waals surface area contributed by atoms with Crippen molar-refractivity contribution in [3.63, 3.8) is 0 Å². The van der Waals surface area contributed by atoms with Gasteiger partial charge in [-0.15, -0.1) is 11.3 Å². The minimum Gasteiger partial charge on any atom is -0.347 e. The number of carbonyl (C=O) groups excluding carboxylic acids is 1. The number of rotatable bonds is 6. The third kappa shape index (κ3) is 4.16. The van der Waals surface area contributed by atoms with E-state index in [2.05, 4.69) is 35.8 Å². The van der Waals surface area contributed by atoms with Crippen LogP contribution in [0.25, 0.3) is 0 Å². The first kappa shape index (κ1) is 15.7. The molecule has 2 aromatic rings. The van der Waals surface area contributed by atoms with E-state index >= 15 is 0 Å². The summed E-state index contributed by atoms with van der Waals surface area (Å²) in [6.07, 6.45) is 1.43. The molecule has 0 saturated heterocycles. The maximum atomic E-state index is 12.1. The Kier molecular flexibility index (Phi) is 5.53. The average molecular weight is 302 g/mol. The standard InChI is InChI=1S/C17H22N2OS/c1-3-14(18)17(20)19-15(16-12(2)9-10-21-16)11-13-7-5-4-6-8-13/h4-10,14-15H,3,11,18H2,1-2H3,(H,19,20). The van der Waals surface area contributed by atoms with Crippen LogP contribution >= 0.6 is 11.3 Å². The van der Waals surface area contributed by atoms with Crippen molar-refractivity contribution in [3.8, 4) is 0 Å². The Morgan fingerprint density at radius 3 is 2.57 bits per heavy atom. The van der Waals surface area contributed by atoms with Gasteiger partial charge in [0.15, 0.2) is 0 Å². The highest BCUT2D eigenvalue weighted by molar-refractivity contribution is 7.10. The molecule has 112 valence electrons. The Morgan fingerprint density at radius 1 is 1.29 bits per heavy atom. The van der Waals surface area contributed by atoms with E-state index in [-0.39, 0.29) is 11.9 Å². The van der Waals surface area contributed by atoms with Crippen molar-refractivity contribution in [2.45, 2.75) is 38.8 Å². The first-order valence-electron chi connectivity index (χ1n) is 7.25. The highest BCUT2D eigenvalue weighted by Crippen LogP contribution is 2.27. The second-order valence-corrected chi connectivity index (χ2v) is 6.18. The fourth-order valence-electron chi connectivity index (χ4n) is 2.26. The van der Waals surface area contributed by atoms with Crippen LogP contribution in [0.5, 0.6) is 0 Å². The van der Waals surface area contributed by atoms with Crippen molar-refractivity contribution < 1.29 is 4.79 Å². The molecule has 0 spiro atoms. The number of nitrogens with two attached hydrogens (primary N) is 1. The summed E-state index contributed by atoms with van der Waals surface area (Å²) < 4.78 is 0. The molecule has 3 nitrogen and oxygen atoms in total. The van der Waals surface area contributed by atoms with Gasteiger partial charge >= 0.3 is 0 Å². The number of aryl methyl sites for hydroxylation is 1. The summed E-state index contributed by atoms with van der Waals surface area (Å²) >= 11 is 1.68. The van der Waals surface area contributed by atoms with Crippen LogP contribution in [0.15, 0.2) is 41.8 Å². The number of amides is 1. The molecule has 0 aliphatic rings. The van der Waals surface area contributed by atoms with Crippen molar-refractivity contribution >= 4 is 17.2 Å². The van der Waals surface area contributed by atoms with Crippen LogP contribution in [0.3, 0.4) is 0 Å². The highest BCUT2D eigenvalue weighted by Gasteiger charge is 2.21. The minimum atomic E-state index is -0.441. The number of thiophene rings is 1. The van der Waals surface area contributed by atoms with Crippen LogP contribution in [0.2, 0.25) is 0 Å². The Bertz CT molecular complexity index is 579. The largest absolute Gasteiger partial charge is 0.347 e. The molecule has 21 heavy (non-hydrogen) atoms. The minimum absolute atomic E-state index is 0.0162. The van der Waals surface area contributed by atoms with Crippen LogP contribution < -0.4 is 11.1 Å². The quantitative estimate of drug-likeness (QED) is 0.861. The predicted octanol–water partition coefficient (Wildman–Crippen LogP) is 3.19. The van der Waals surface area contributed by atoms with E-state index in [1.165, 1.54) is 16.0 Å². The molecule has 1 amide bonds. The van der Waals surface area contributed by atoms with Gasteiger partial charge in [0.25, 0.3) is 0 Å². The van der Waals surface area contributed by atoms with Gasteiger partial charge in [-0.1, -0.05) is 37.3 Å². The van der Waals surface area contributed by atoms with E-state index in [4.69, 9.17) is 5.73 Å². The molecule has 1 heterocycles. The number of hydrogen-bond donors (Lipinski definition) is 2. The molecular formula is C17H22N2OS. The highest BCUT2D eigenvalue weighted by atomic mass is 32.1. The zero-order chi connectivity index (χ0) is 15.2. The van der Waals surface area contributed by atoms with Crippen LogP contribution in [-0.4, -0.2) is 11.9 Å². The smallest absolute Gasteiger partial charge is 0.237 e. The first-order valence-corrected chi connectivity index (χ1v) is 8.13. The van der Waals surface area contributed by atoms with Crippen molar-refractivity contribution in [2.24, 2.45) is 5.73 Å². The summed E-state index contributed by atoms with van der Waals surface area (Å²) in [5.74, 6) is -0.0776. The van der Waals surface area contributed by atoms with Gasteiger partial charge in [-0.25, -0.2) is 0 Å². The van der Waals surface area contributed by atoms with Gasteiger partial charge in [-0.2, -0.15) is 0 Å². The fraction of sp³-hybridized carbons (Fsp3) is 0.353. The zero-order valence-electron chi connectivity index (χ0n) is 12.5.